The average molecular weight is 241 g/mol. The van der Waals surface area contributed by atoms with Crippen LogP contribution in [0.1, 0.15) is 26.3 Å². The molecular formula is C12H17ClN2O. The number of hydrogen-bond donors (Lipinski definition) is 2. The van der Waals surface area contributed by atoms with Crippen molar-refractivity contribution in [3.05, 3.63) is 34.9 Å². The largest absolute Gasteiger partial charge is 0.334 e. The molecule has 0 aliphatic rings. The number of amides is 2. The minimum Gasteiger partial charge on any atom is -0.334 e. The lowest BCUT2D eigenvalue weighted by atomic mass is 10.1. The number of halogens is 1. The van der Waals surface area contributed by atoms with E-state index in [1.54, 1.807) is 6.07 Å². The second kappa shape index (κ2) is 5.21. The summed E-state index contributed by atoms with van der Waals surface area (Å²) in [4.78, 5) is 11.5. The summed E-state index contributed by atoms with van der Waals surface area (Å²) in [5.74, 6) is 0. The molecule has 4 heteroatoms. The third kappa shape index (κ3) is 5.03. The van der Waals surface area contributed by atoms with E-state index in [1.807, 2.05) is 39.0 Å². The molecule has 2 amide bonds. The maximum absolute atomic E-state index is 11.5. The van der Waals surface area contributed by atoms with Crippen LogP contribution in [0.5, 0.6) is 0 Å². The predicted molar refractivity (Wildman–Crippen MR) is 66.6 cm³/mol. The smallest absolute Gasteiger partial charge is 0.315 e. The molecule has 0 fully saturated rings. The van der Waals surface area contributed by atoms with Gasteiger partial charge in [-0.2, -0.15) is 0 Å². The zero-order valence-corrected chi connectivity index (χ0v) is 10.6. The number of benzene rings is 1. The Morgan fingerprint density at radius 3 is 2.62 bits per heavy atom. The fraction of sp³-hybridized carbons (Fsp3) is 0.417. The molecule has 0 unspecified atom stereocenters. The molecule has 88 valence electrons. The summed E-state index contributed by atoms with van der Waals surface area (Å²) >= 11 is 5.84. The topological polar surface area (TPSA) is 41.1 Å². The van der Waals surface area contributed by atoms with Crippen molar-refractivity contribution < 1.29 is 4.79 Å². The first kappa shape index (κ1) is 12.8. The Morgan fingerprint density at radius 1 is 1.38 bits per heavy atom. The molecule has 1 aromatic carbocycles. The highest BCUT2D eigenvalue weighted by molar-refractivity contribution is 6.30. The summed E-state index contributed by atoms with van der Waals surface area (Å²) in [5.41, 5.74) is 0.759. The van der Waals surface area contributed by atoms with E-state index in [0.29, 0.717) is 11.6 Å². The number of urea groups is 1. The van der Waals surface area contributed by atoms with Crippen LogP contribution < -0.4 is 10.6 Å². The molecule has 3 nitrogen and oxygen atoms in total. The molecule has 1 rings (SSSR count). The molecule has 0 saturated carbocycles. The average Bonchev–Trinajstić information content (AvgIpc) is 2.12. The van der Waals surface area contributed by atoms with Gasteiger partial charge in [0.25, 0.3) is 0 Å². The Balaban J connectivity index is 2.43. The summed E-state index contributed by atoms with van der Waals surface area (Å²) in [5, 5.41) is 6.27. The second-order valence-corrected chi connectivity index (χ2v) is 5.12. The van der Waals surface area contributed by atoms with Gasteiger partial charge in [0.15, 0.2) is 0 Å². The first-order valence-corrected chi connectivity index (χ1v) is 5.55. The lowest BCUT2D eigenvalue weighted by Gasteiger charge is -2.20. The number of rotatable bonds is 2. The first-order chi connectivity index (χ1) is 7.37. The van der Waals surface area contributed by atoms with Crippen LogP contribution in [0.2, 0.25) is 5.02 Å². The standard InChI is InChI=1S/C12H17ClN2O/c1-12(2,3)15-11(16)14-8-9-5-4-6-10(13)7-9/h4-7H,8H2,1-3H3,(H2,14,15,16). The summed E-state index contributed by atoms with van der Waals surface area (Å²) in [7, 11) is 0. The molecule has 0 aliphatic carbocycles. The molecule has 0 aromatic heterocycles. The van der Waals surface area contributed by atoms with Gasteiger partial charge < -0.3 is 10.6 Å². The summed E-state index contributed by atoms with van der Waals surface area (Å²) in [6, 6.07) is 7.25. The van der Waals surface area contributed by atoms with Gasteiger partial charge in [-0.25, -0.2) is 4.79 Å². The second-order valence-electron chi connectivity index (χ2n) is 4.69. The van der Waals surface area contributed by atoms with E-state index in [1.165, 1.54) is 0 Å². The molecule has 0 radical (unpaired) electrons. The van der Waals surface area contributed by atoms with Crippen molar-refractivity contribution in [2.24, 2.45) is 0 Å². The highest BCUT2D eigenvalue weighted by Crippen LogP contribution is 2.10. The highest BCUT2D eigenvalue weighted by Gasteiger charge is 2.12. The Morgan fingerprint density at radius 2 is 2.06 bits per heavy atom. The van der Waals surface area contributed by atoms with Crippen molar-refractivity contribution in [3.8, 4) is 0 Å². The van der Waals surface area contributed by atoms with Crippen LogP contribution in [0.3, 0.4) is 0 Å². The van der Waals surface area contributed by atoms with Crippen LogP contribution in [0, 0.1) is 0 Å². The molecule has 0 spiro atoms. The van der Waals surface area contributed by atoms with Gasteiger partial charge in [-0.05, 0) is 38.5 Å². The third-order valence-corrected chi connectivity index (χ3v) is 2.07. The van der Waals surface area contributed by atoms with Crippen molar-refractivity contribution in [2.75, 3.05) is 0 Å². The number of hydrogen-bond acceptors (Lipinski definition) is 1. The quantitative estimate of drug-likeness (QED) is 0.820. The molecule has 0 atom stereocenters. The van der Waals surface area contributed by atoms with Crippen LogP contribution in [-0.4, -0.2) is 11.6 Å². The monoisotopic (exact) mass is 240 g/mol. The van der Waals surface area contributed by atoms with Crippen molar-refractivity contribution in [1.82, 2.24) is 10.6 Å². The number of carbonyl (C=O) groups is 1. The predicted octanol–water partition coefficient (Wildman–Crippen LogP) is 2.94. The van der Waals surface area contributed by atoms with Crippen LogP contribution >= 0.6 is 11.6 Å². The maximum Gasteiger partial charge on any atom is 0.315 e. The Hall–Kier alpha value is -1.22. The first-order valence-electron chi connectivity index (χ1n) is 5.17. The maximum atomic E-state index is 11.5. The van der Waals surface area contributed by atoms with E-state index in [9.17, 15) is 4.79 Å². The van der Waals surface area contributed by atoms with Crippen molar-refractivity contribution in [1.29, 1.82) is 0 Å². The van der Waals surface area contributed by atoms with Crippen molar-refractivity contribution in [2.45, 2.75) is 32.9 Å². The van der Waals surface area contributed by atoms with E-state index in [-0.39, 0.29) is 11.6 Å². The van der Waals surface area contributed by atoms with Crippen LogP contribution in [0.15, 0.2) is 24.3 Å². The van der Waals surface area contributed by atoms with E-state index in [2.05, 4.69) is 10.6 Å². The third-order valence-electron chi connectivity index (χ3n) is 1.83. The molecule has 1 aromatic rings. The van der Waals surface area contributed by atoms with E-state index < -0.39 is 0 Å². The van der Waals surface area contributed by atoms with Crippen molar-refractivity contribution >= 4 is 17.6 Å². The van der Waals surface area contributed by atoms with Crippen LogP contribution in [-0.2, 0) is 6.54 Å². The van der Waals surface area contributed by atoms with E-state index in [4.69, 9.17) is 11.6 Å². The molecule has 2 N–H and O–H groups in total. The Kier molecular flexibility index (Phi) is 4.19. The molecule has 0 heterocycles. The SMILES string of the molecule is CC(C)(C)NC(=O)NCc1cccc(Cl)c1. The summed E-state index contributed by atoms with van der Waals surface area (Å²) in [6.45, 7) is 6.28. The number of carbonyl (C=O) groups excluding carboxylic acids is 1. The summed E-state index contributed by atoms with van der Waals surface area (Å²) in [6.07, 6.45) is 0. The normalized spacial score (nSPS) is 11.0. The lowest BCUT2D eigenvalue weighted by Crippen LogP contribution is -2.46. The minimum absolute atomic E-state index is 0.174. The van der Waals surface area contributed by atoms with Gasteiger partial charge in [0.2, 0.25) is 0 Å². The zero-order chi connectivity index (χ0) is 12.2. The molecule has 0 aliphatic heterocycles. The lowest BCUT2D eigenvalue weighted by molar-refractivity contribution is 0.231. The van der Waals surface area contributed by atoms with Gasteiger partial charge in [-0.3, -0.25) is 0 Å². The van der Waals surface area contributed by atoms with Crippen LogP contribution in [0.25, 0.3) is 0 Å². The fourth-order valence-electron chi connectivity index (χ4n) is 1.21. The Labute approximate surface area is 101 Å². The van der Waals surface area contributed by atoms with E-state index in [0.717, 1.165) is 5.56 Å². The molecule has 0 saturated heterocycles. The molecular weight excluding hydrogens is 224 g/mol. The minimum atomic E-state index is -0.224. The van der Waals surface area contributed by atoms with Gasteiger partial charge >= 0.3 is 6.03 Å². The van der Waals surface area contributed by atoms with Gasteiger partial charge in [0.05, 0.1) is 0 Å². The fourth-order valence-corrected chi connectivity index (χ4v) is 1.43. The van der Waals surface area contributed by atoms with Gasteiger partial charge in [0, 0.05) is 17.1 Å². The van der Waals surface area contributed by atoms with Crippen LogP contribution in [0.4, 0.5) is 4.79 Å². The molecule has 16 heavy (non-hydrogen) atoms. The van der Waals surface area contributed by atoms with Gasteiger partial charge in [-0.15, -0.1) is 0 Å². The highest BCUT2D eigenvalue weighted by atomic mass is 35.5. The van der Waals surface area contributed by atoms with Gasteiger partial charge in [-0.1, -0.05) is 23.7 Å². The summed E-state index contributed by atoms with van der Waals surface area (Å²) < 4.78 is 0. The Bertz CT molecular complexity index is 372. The molecule has 0 bridgehead atoms. The zero-order valence-electron chi connectivity index (χ0n) is 9.80. The van der Waals surface area contributed by atoms with Crippen molar-refractivity contribution in [3.63, 3.8) is 0 Å². The number of nitrogens with one attached hydrogen (secondary N) is 2. The van der Waals surface area contributed by atoms with Gasteiger partial charge in [0.1, 0.15) is 0 Å². The van der Waals surface area contributed by atoms with E-state index >= 15 is 0 Å².